The number of benzene rings is 1. The summed E-state index contributed by atoms with van der Waals surface area (Å²) >= 11 is 0. The van der Waals surface area contributed by atoms with Crippen molar-refractivity contribution < 1.29 is 9.00 Å². The quantitative estimate of drug-likeness (QED) is 0.860. The molecule has 0 spiro atoms. The zero-order chi connectivity index (χ0) is 12.5. The van der Waals surface area contributed by atoms with Crippen LogP contribution in [0.15, 0.2) is 33.5 Å². The summed E-state index contributed by atoms with van der Waals surface area (Å²) in [5.74, 6) is -0.146. The van der Waals surface area contributed by atoms with Crippen molar-refractivity contribution in [2.75, 3.05) is 5.32 Å². The lowest BCUT2D eigenvalue weighted by Gasteiger charge is -2.04. The highest BCUT2D eigenvalue weighted by Crippen LogP contribution is 2.29. The number of hydrogen-bond acceptors (Lipinski definition) is 3. The number of nitrogens with one attached hydrogen (secondary N) is 1. The molecule has 1 amide bonds. The number of amides is 1. The molecular weight excluding hydrogens is 260 g/mol. The van der Waals surface area contributed by atoms with Crippen molar-refractivity contribution in [2.24, 2.45) is 4.36 Å². The first-order chi connectivity index (χ1) is 7.97. The van der Waals surface area contributed by atoms with Crippen LogP contribution in [-0.2, 0) is 13.7 Å². The van der Waals surface area contributed by atoms with E-state index in [-0.39, 0.29) is 11.9 Å². The van der Waals surface area contributed by atoms with Crippen molar-refractivity contribution in [1.29, 1.82) is 0 Å². The third-order valence-electron chi connectivity index (χ3n) is 2.30. The molecular formula is C11H13ClN2O2S. The molecule has 1 unspecified atom stereocenters. The van der Waals surface area contributed by atoms with Gasteiger partial charge in [-0.1, -0.05) is 0 Å². The molecule has 1 aliphatic carbocycles. The number of carbonyl (C=O) groups excluding carboxylic acids is 1. The zero-order valence-electron chi connectivity index (χ0n) is 9.35. The maximum absolute atomic E-state index is 12.1. The Morgan fingerprint density at radius 1 is 1.41 bits per heavy atom. The van der Waals surface area contributed by atoms with Gasteiger partial charge in [0.15, 0.2) is 8.94 Å². The topological polar surface area (TPSA) is 58.5 Å². The van der Waals surface area contributed by atoms with Crippen LogP contribution in [0.25, 0.3) is 0 Å². The van der Waals surface area contributed by atoms with Gasteiger partial charge in [-0.3, -0.25) is 4.79 Å². The first-order valence-electron chi connectivity index (χ1n) is 5.31. The molecule has 1 aromatic carbocycles. The second kappa shape index (κ2) is 4.66. The lowest BCUT2D eigenvalue weighted by atomic mass is 10.3. The summed E-state index contributed by atoms with van der Waals surface area (Å²) in [5, 5.41) is 2.63. The molecule has 1 aliphatic rings. The minimum atomic E-state index is -2.81. The number of anilines is 1. The first-order valence-corrected chi connectivity index (χ1v) is 7.65. The van der Waals surface area contributed by atoms with Gasteiger partial charge in [0.2, 0.25) is 5.91 Å². The van der Waals surface area contributed by atoms with E-state index in [1.165, 1.54) is 6.92 Å². The van der Waals surface area contributed by atoms with Gasteiger partial charge in [0.1, 0.15) is 0 Å². The van der Waals surface area contributed by atoms with Crippen LogP contribution in [0.5, 0.6) is 0 Å². The fourth-order valence-corrected chi connectivity index (χ4v) is 3.18. The van der Waals surface area contributed by atoms with Crippen molar-refractivity contribution in [3.8, 4) is 0 Å². The summed E-state index contributed by atoms with van der Waals surface area (Å²) in [4.78, 5) is 11.3. The van der Waals surface area contributed by atoms with Gasteiger partial charge in [-0.2, -0.15) is 0 Å². The van der Waals surface area contributed by atoms with Gasteiger partial charge >= 0.3 is 0 Å². The molecule has 1 fully saturated rings. The van der Waals surface area contributed by atoms with Crippen LogP contribution in [0.4, 0.5) is 5.69 Å². The Bertz CT molecular complexity index is 543. The average Bonchev–Trinajstić information content (AvgIpc) is 3.01. The summed E-state index contributed by atoms with van der Waals surface area (Å²) in [6, 6.07) is 6.75. The minimum absolute atomic E-state index is 0.146. The van der Waals surface area contributed by atoms with Crippen molar-refractivity contribution in [2.45, 2.75) is 30.7 Å². The van der Waals surface area contributed by atoms with Crippen LogP contribution in [0.2, 0.25) is 0 Å². The average molecular weight is 273 g/mol. The van der Waals surface area contributed by atoms with Crippen LogP contribution in [-0.4, -0.2) is 16.2 Å². The van der Waals surface area contributed by atoms with E-state index in [2.05, 4.69) is 9.68 Å². The molecule has 0 aliphatic heterocycles. The molecule has 1 N–H and O–H groups in total. The van der Waals surface area contributed by atoms with E-state index in [0.717, 1.165) is 12.8 Å². The summed E-state index contributed by atoms with van der Waals surface area (Å²) in [6.45, 7) is 1.43. The van der Waals surface area contributed by atoms with E-state index >= 15 is 0 Å². The van der Waals surface area contributed by atoms with Gasteiger partial charge in [-0.05, 0) is 37.1 Å². The molecule has 17 heavy (non-hydrogen) atoms. The SMILES string of the molecule is CC(=O)Nc1ccc(S(=O)(Cl)=NC2CC2)cc1. The van der Waals surface area contributed by atoms with Crippen LogP contribution < -0.4 is 5.32 Å². The fourth-order valence-electron chi connectivity index (χ4n) is 1.34. The molecule has 2 rings (SSSR count). The molecule has 92 valence electrons. The third-order valence-corrected chi connectivity index (χ3v) is 4.49. The maximum atomic E-state index is 12.1. The summed E-state index contributed by atoms with van der Waals surface area (Å²) in [6.07, 6.45) is 1.93. The van der Waals surface area contributed by atoms with E-state index in [0.29, 0.717) is 10.6 Å². The standard InChI is InChI=1S/C11H13ClN2O2S/c1-8(15)13-9-4-6-11(7-5-9)17(12,16)14-10-2-3-10/h4-7,10H,2-3H2,1H3,(H,13,15). The Kier molecular flexibility index (Phi) is 3.40. The van der Waals surface area contributed by atoms with Crippen LogP contribution in [0, 0.1) is 0 Å². The summed E-state index contributed by atoms with van der Waals surface area (Å²) < 4.78 is 16.2. The van der Waals surface area contributed by atoms with Gasteiger partial charge in [0, 0.05) is 23.3 Å². The maximum Gasteiger partial charge on any atom is 0.221 e. The Morgan fingerprint density at radius 3 is 2.47 bits per heavy atom. The number of carbonyl (C=O) groups is 1. The highest BCUT2D eigenvalue weighted by molar-refractivity contribution is 8.15. The molecule has 0 bridgehead atoms. The summed E-state index contributed by atoms with van der Waals surface area (Å²) in [5.41, 5.74) is 0.652. The Morgan fingerprint density at radius 2 is 2.00 bits per heavy atom. The Balaban J connectivity index is 2.22. The molecule has 0 heterocycles. The summed E-state index contributed by atoms with van der Waals surface area (Å²) in [7, 11) is 3.12. The second-order valence-corrected chi connectivity index (χ2v) is 6.85. The number of hydrogen-bond donors (Lipinski definition) is 1. The molecule has 0 aromatic heterocycles. The van der Waals surface area contributed by atoms with Gasteiger partial charge in [0.25, 0.3) is 0 Å². The van der Waals surface area contributed by atoms with Crippen LogP contribution in [0.3, 0.4) is 0 Å². The largest absolute Gasteiger partial charge is 0.326 e. The Labute approximate surface area is 105 Å². The Hall–Kier alpha value is -1.07. The fraction of sp³-hybridized carbons (Fsp3) is 0.364. The molecule has 0 saturated heterocycles. The van der Waals surface area contributed by atoms with Gasteiger partial charge in [-0.15, -0.1) is 0 Å². The molecule has 1 aromatic rings. The number of nitrogens with zero attached hydrogens (tertiary/aromatic N) is 1. The smallest absolute Gasteiger partial charge is 0.221 e. The molecule has 1 saturated carbocycles. The normalized spacial score (nSPS) is 18.2. The molecule has 0 radical (unpaired) electrons. The highest BCUT2D eigenvalue weighted by atomic mass is 35.7. The van der Waals surface area contributed by atoms with Crippen LogP contribution in [0.1, 0.15) is 19.8 Å². The second-order valence-electron chi connectivity index (χ2n) is 4.00. The predicted octanol–water partition coefficient (Wildman–Crippen LogP) is 2.79. The van der Waals surface area contributed by atoms with E-state index in [9.17, 15) is 9.00 Å². The molecule has 1 atom stereocenters. The van der Waals surface area contributed by atoms with E-state index in [4.69, 9.17) is 10.7 Å². The van der Waals surface area contributed by atoms with Crippen molar-refractivity contribution in [3.05, 3.63) is 24.3 Å². The van der Waals surface area contributed by atoms with Gasteiger partial charge < -0.3 is 5.32 Å². The van der Waals surface area contributed by atoms with Crippen LogP contribution >= 0.6 is 10.7 Å². The number of halogens is 1. The van der Waals surface area contributed by atoms with E-state index < -0.39 is 8.94 Å². The molecule has 6 heteroatoms. The lowest BCUT2D eigenvalue weighted by molar-refractivity contribution is -0.114. The molecule has 4 nitrogen and oxygen atoms in total. The van der Waals surface area contributed by atoms with Crippen molar-refractivity contribution >= 4 is 31.2 Å². The number of rotatable bonds is 3. The van der Waals surface area contributed by atoms with Gasteiger partial charge in [0.05, 0.1) is 10.9 Å². The zero-order valence-corrected chi connectivity index (χ0v) is 10.9. The van der Waals surface area contributed by atoms with Crippen molar-refractivity contribution in [3.63, 3.8) is 0 Å². The monoisotopic (exact) mass is 272 g/mol. The van der Waals surface area contributed by atoms with Crippen molar-refractivity contribution in [1.82, 2.24) is 0 Å². The highest BCUT2D eigenvalue weighted by Gasteiger charge is 2.23. The third kappa shape index (κ3) is 3.44. The minimum Gasteiger partial charge on any atom is -0.326 e. The lowest BCUT2D eigenvalue weighted by Crippen LogP contribution is -2.05. The van der Waals surface area contributed by atoms with E-state index in [1.54, 1.807) is 24.3 Å². The first kappa shape index (κ1) is 12.4. The van der Waals surface area contributed by atoms with Gasteiger partial charge in [-0.25, -0.2) is 8.57 Å². The predicted molar refractivity (Wildman–Crippen MR) is 68.5 cm³/mol. The van der Waals surface area contributed by atoms with E-state index in [1.807, 2.05) is 0 Å².